The van der Waals surface area contributed by atoms with Crippen molar-refractivity contribution in [2.75, 3.05) is 18.5 Å². The van der Waals surface area contributed by atoms with Crippen molar-refractivity contribution in [3.63, 3.8) is 0 Å². The summed E-state index contributed by atoms with van der Waals surface area (Å²) in [5.41, 5.74) is 7.31. The quantitative estimate of drug-likeness (QED) is 0.811. The smallest absolute Gasteiger partial charge is 0.253 e. The fraction of sp³-hybridized carbons (Fsp3) is 0.462. The zero-order chi connectivity index (χ0) is 14.8. The van der Waals surface area contributed by atoms with Crippen molar-refractivity contribution in [1.29, 1.82) is 0 Å². The minimum atomic E-state index is -3.25. The van der Waals surface area contributed by atoms with Gasteiger partial charge in [-0.25, -0.2) is 8.42 Å². The minimum absolute atomic E-state index is 0.0401. The van der Waals surface area contributed by atoms with Crippen LogP contribution in [0.4, 0.5) is 5.69 Å². The molecule has 0 spiro atoms. The number of carbonyl (C=O) groups excluding carboxylic acids is 1. The molecular weight excluding hydrogens is 264 g/mol. The Kier molecular flexibility index (Phi) is 4.25. The summed E-state index contributed by atoms with van der Waals surface area (Å²) in [6, 6.07) is 5.19. The van der Waals surface area contributed by atoms with Crippen LogP contribution in [-0.2, 0) is 9.84 Å². The number of carbonyl (C=O) groups is 1. The number of sulfone groups is 1. The number of hydrogen-bond acceptors (Lipinski definition) is 4. The molecule has 0 fully saturated rings. The second kappa shape index (κ2) is 5.21. The highest BCUT2D eigenvalue weighted by Crippen LogP contribution is 2.17. The van der Waals surface area contributed by atoms with E-state index in [1.54, 1.807) is 39.0 Å². The van der Waals surface area contributed by atoms with E-state index in [2.05, 4.69) is 5.32 Å². The van der Waals surface area contributed by atoms with Gasteiger partial charge in [0.2, 0.25) is 0 Å². The van der Waals surface area contributed by atoms with Crippen molar-refractivity contribution in [2.24, 2.45) is 0 Å². The summed E-state index contributed by atoms with van der Waals surface area (Å²) in [6.07, 6.45) is 1.15. The molecule has 1 rings (SSSR count). The molecule has 0 radical (unpaired) electrons. The lowest BCUT2D eigenvalue weighted by Crippen LogP contribution is -2.44. The van der Waals surface area contributed by atoms with E-state index in [-0.39, 0.29) is 12.5 Å². The Morgan fingerprint density at radius 3 is 2.42 bits per heavy atom. The maximum atomic E-state index is 12.1. The van der Waals surface area contributed by atoms with Gasteiger partial charge < -0.3 is 11.1 Å². The van der Waals surface area contributed by atoms with Crippen molar-refractivity contribution in [3.8, 4) is 0 Å². The van der Waals surface area contributed by atoms with Gasteiger partial charge in [0.25, 0.3) is 5.91 Å². The van der Waals surface area contributed by atoms with Crippen LogP contribution in [-0.4, -0.2) is 31.9 Å². The van der Waals surface area contributed by atoms with Gasteiger partial charge in [-0.05, 0) is 32.4 Å². The molecule has 1 amide bonds. The first kappa shape index (κ1) is 15.5. The van der Waals surface area contributed by atoms with Crippen LogP contribution >= 0.6 is 0 Å². The van der Waals surface area contributed by atoms with Gasteiger partial charge in [0.05, 0.1) is 10.3 Å². The van der Waals surface area contributed by atoms with Gasteiger partial charge in [0.1, 0.15) is 0 Å². The number of nitrogens with two attached hydrogens (primary N) is 1. The summed E-state index contributed by atoms with van der Waals surface area (Å²) >= 11 is 0. The van der Waals surface area contributed by atoms with Crippen LogP contribution in [0.15, 0.2) is 18.2 Å². The third kappa shape index (κ3) is 3.47. The Morgan fingerprint density at radius 1 is 1.37 bits per heavy atom. The number of hydrogen-bond donors (Lipinski definition) is 2. The second-order valence-electron chi connectivity index (χ2n) is 5.25. The van der Waals surface area contributed by atoms with Crippen LogP contribution in [0, 0.1) is 6.92 Å². The molecule has 0 aliphatic heterocycles. The highest BCUT2D eigenvalue weighted by Gasteiger charge is 2.30. The van der Waals surface area contributed by atoms with Crippen molar-refractivity contribution in [2.45, 2.75) is 25.5 Å². The molecule has 0 saturated heterocycles. The Labute approximate surface area is 114 Å². The summed E-state index contributed by atoms with van der Waals surface area (Å²) < 4.78 is 22.1. The van der Waals surface area contributed by atoms with Gasteiger partial charge in [0, 0.05) is 18.5 Å². The van der Waals surface area contributed by atoms with E-state index < -0.39 is 14.6 Å². The standard InChI is InChI=1S/C13H20N2O3S/c1-9-6-5-7-10(14)11(9)12(16)15-8-13(2,3)19(4,17)18/h5-7H,8,14H2,1-4H3,(H,15,16). The van der Waals surface area contributed by atoms with Gasteiger partial charge in [-0.2, -0.15) is 0 Å². The fourth-order valence-electron chi connectivity index (χ4n) is 1.51. The number of amides is 1. The largest absolute Gasteiger partial charge is 0.398 e. The Hall–Kier alpha value is -1.56. The molecule has 0 heterocycles. The molecule has 6 heteroatoms. The van der Waals surface area contributed by atoms with Crippen molar-refractivity contribution in [3.05, 3.63) is 29.3 Å². The first-order valence-electron chi connectivity index (χ1n) is 5.89. The monoisotopic (exact) mass is 284 g/mol. The number of rotatable bonds is 4. The zero-order valence-corrected chi connectivity index (χ0v) is 12.5. The lowest BCUT2D eigenvalue weighted by Gasteiger charge is -2.23. The van der Waals surface area contributed by atoms with E-state index >= 15 is 0 Å². The van der Waals surface area contributed by atoms with Crippen LogP contribution in [0.5, 0.6) is 0 Å². The van der Waals surface area contributed by atoms with Crippen LogP contribution in [0.1, 0.15) is 29.8 Å². The number of anilines is 1. The maximum Gasteiger partial charge on any atom is 0.253 e. The Balaban J connectivity index is 2.89. The highest BCUT2D eigenvalue weighted by molar-refractivity contribution is 7.92. The van der Waals surface area contributed by atoms with Gasteiger partial charge in [-0.1, -0.05) is 12.1 Å². The topological polar surface area (TPSA) is 89.3 Å². The average Bonchev–Trinajstić information content (AvgIpc) is 2.24. The predicted molar refractivity (Wildman–Crippen MR) is 76.8 cm³/mol. The van der Waals surface area contributed by atoms with Gasteiger partial charge in [-0.3, -0.25) is 4.79 Å². The second-order valence-corrected chi connectivity index (χ2v) is 7.90. The zero-order valence-electron chi connectivity index (χ0n) is 11.6. The number of nitrogen functional groups attached to an aromatic ring is 1. The van der Waals surface area contributed by atoms with Crippen molar-refractivity contribution < 1.29 is 13.2 Å². The normalized spacial score (nSPS) is 12.2. The Bertz CT molecular complexity index is 572. The number of aryl methyl sites for hydroxylation is 1. The summed E-state index contributed by atoms with van der Waals surface area (Å²) in [6.45, 7) is 4.97. The molecule has 0 bridgehead atoms. The summed E-state index contributed by atoms with van der Waals surface area (Å²) in [5, 5.41) is 2.63. The molecule has 5 nitrogen and oxygen atoms in total. The predicted octanol–water partition coefficient (Wildman–Crippen LogP) is 1.13. The average molecular weight is 284 g/mol. The molecule has 0 saturated carbocycles. The number of nitrogens with one attached hydrogen (secondary N) is 1. The highest BCUT2D eigenvalue weighted by atomic mass is 32.2. The van der Waals surface area contributed by atoms with Crippen molar-refractivity contribution in [1.82, 2.24) is 5.32 Å². The first-order valence-corrected chi connectivity index (χ1v) is 7.78. The van der Waals surface area contributed by atoms with Crippen LogP contribution in [0.2, 0.25) is 0 Å². The van der Waals surface area contributed by atoms with Gasteiger partial charge >= 0.3 is 0 Å². The molecule has 1 aromatic rings. The van der Waals surface area contributed by atoms with Crippen molar-refractivity contribution >= 4 is 21.4 Å². The van der Waals surface area contributed by atoms with E-state index in [4.69, 9.17) is 5.73 Å². The summed E-state index contributed by atoms with van der Waals surface area (Å²) in [7, 11) is -3.25. The molecule has 3 N–H and O–H groups in total. The van der Waals surface area contributed by atoms with Gasteiger partial charge in [0.15, 0.2) is 9.84 Å². The third-order valence-corrected chi connectivity index (χ3v) is 5.36. The third-order valence-electron chi connectivity index (χ3n) is 3.21. The lowest BCUT2D eigenvalue weighted by atomic mass is 10.1. The van der Waals surface area contributed by atoms with E-state index in [1.807, 2.05) is 0 Å². The SMILES string of the molecule is Cc1cccc(N)c1C(=O)NCC(C)(C)S(C)(=O)=O. The van der Waals surface area contributed by atoms with E-state index in [9.17, 15) is 13.2 Å². The minimum Gasteiger partial charge on any atom is -0.398 e. The Morgan fingerprint density at radius 2 is 1.95 bits per heavy atom. The summed E-state index contributed by atoms with van der Waals surface area (Å²) in [4.78, 5) is 12.1. The summed E-state index contributed by atoms with van der Waals surface area (Å²) in [5.74, 6) is -0.354. The molecule has 106 valence electrons. The van der Waals surface area contributed by atoms with Crippen LogP contribution in [0.25, 0.3) is 0 Å². The van der Waals surface area contributed by atoms with Gasteiger partial charge in [-0.15, -0.1) is 0 Å². The molecule has 1 aromatic carbocycles. The molecule has 0 unspecified atom stereocenters. The molecular formula is C13H20N2O3S. The maximum absolute atomic E-state index is 12.1. The molecule has 19 heavy (non-hydrogen) atoms. The lowest BCUT2D eigenvalue weighted by molar-refractivity contribution is 0.0951. The first-order chi connectivity index (χ1) is 8.56. The van der Waals surface area contributed by atoms with E-state index in [0.717, 1.165) is 11.8 Å². The van der Waals surface area contributed by atoms with Crippen LogP contribution in [0.3, 0.4) is 0 Å². The van der Waals surface area contributed by atoms with E-state index in [1.165, 1.54) is 0 Å². The number of benzene rings is 1. The fourth-order valence-corrected chi connectivity index (χ4v) is 1.85. The van der Waals surface area contributed by atoms with Crippen LogP contribution < -0.4 is 11.1 Å². The molecule has 0 aliphatic rings. The van der Waals surface area contributed by atoms with E-state index in [0.29, 0.717) is 11.3 Å². The molecule has 0 atom stereocenters. The molecule has 0 aromatic heterocycles. The molecule has 0 aliphatic carbocycles.